The molecular formula is C22H30IN7. The zero-order valence-corrected chi connectivity index (χ0v) is 19.7. The van der Waals surface area contributed by atoms with Crippen LogP contribution in [0.2, 0.25) is 0 Å². The second kappa shape index (κ2) is 11.3. The SMILES string of the molecule is CN=C(NCc1nnc2ccccn12)NCC1CCCCN1Cc1ccccc1.I. The van der Waals surface area contributed by atoms with Crippen LogP contribution in [0.25, 0.3) is 5.65 Å². The lowest BCUT2D eigenvalue weighted by Gasteiger charge is -2.36. The molecule has 0 radical (unpaired) electrons. The molecule has 160 valence electrons. The number of hydrogen-bond donors (Lipinski definition) is 2. The molecule has 3 aromatic rings. The third-order valence-corrected chi connectivity index (χ3v) is 5.50. The van der Waals surface area contributed by atoms with Gasteiger partial charge in [0.05, 0.1) is 6.54 Å². The predicted octanol–water partition coefficient (Wildman–Crippen LogP) is 3.07. The van der Waals surface area contributed by atoms with Crippen LogP contribution in [-0.4, -0.2) is 51.6 Å². The molecule has 30 heavy (non-hydrogen) atoms. The smallest absolute Gasteiger partial charge is 0.191 e. The number of guanidine groups is 1. The monoisotopic (exact) mass is 519 g/mol. The van der Waals surface area contributed by atoms with Gasteiger partial charge in [0, 0.05) is 32.4 Å². The standard InChI is InChI=1S/C22H29N7.HI/c1-23-22(25-16-21-27-26-20-12-6-8-14-29(20)21)24-15-19-11-5-7-13-28(19)17-18-9-3-2-4-10-18;/h2-4,6,8-10,12,14,19H,5,7,11,13,15-17H2,1H3,(H2,23,24,25);1H. The summed E-state index contributed by atoms with van der Waals surface area (Å²) in [6, 6.07) is 17.1. The molecular weight excluding hydrogens is 489 g/mol. The van der Waals surface area contributed by atoms with E-state index in [0.717, 1.165) is 37.1 Å². The summed E-state index contributed by atoms with van der Waals surface area (Å²) in [6.45, 7) is 3.61. The van der Waals surface area contributed by atoms with Gasteiger partial charge >= 0.3 is 0 Å². The minimum absolute atomic E-state index is 0. The molecule has 7 nitrogen and oxygen atoms in total. The summed E-state index contributed by atoms with van der Waals surface area (Å²) >= 11 is 0. The van der Waals surface area contributed by atoms with Crippen LogP contribution in [0.1, 0.15) is 30.7 Å². The van der Waals surface area contributed by atoms with Gasteiger partial charge in [-0.25, -0.2) is 0 Å². The fourth-order valence-electron chi connectivity index (χ4n) is 3.93. The molecule has 4 rings (SSSR count). The Kier molecular flexibility index (Phi) is 8.44. The molecule has 8 heteroatoms. The van der Waals surface area contributed by atoms with Gasteiger partial charge in [-0.1, -0.05) is 42.8 Å². The molecule has 1 aliphatic rings. The number of nitrogens with one attached hydrogen (secondary N) is 2. The number of hydrogen-bond acceptors (Lipinski definition) is 4. The first-order chi connectivity index (χ1) is 14.3. The van der Waals surface area contributed by atoms with E-state index < -0.39 is 0 Å². The van der Waals surface area contributed by atoms with Crippen molar-refractivity contribution >= 4 is 35.6 Å². The van der Waals surface area contributed by atoms with E-state index in [2.05, 4.69) is 61.1 Å². The molecule has 0 spiro atoms. The van der Waals surface area contributed by atoms with Crippen LogP contribution in [0.5, 0.6) is 0 Å². The number of rotatable bonds is 6. The van der Waals surface area contributed by atoms with Crippen LogP contribution < -0.4 is 10.6 Å². The highest BCUT2D eigenvalue weighted by Crippen LogP contribution is 2.19. The fraction of sp³-hybridized carbons (Fsp3) is 0.409. The van der Waals surface area contributed by atoms with Crippen molar-refractivity contribution in [1.82, 2.24) is 30.1 Å². The summed E-state index contributed by atoms with van der Waals surface area (Å²) in [7, 11) is 1.81. The molecule has 1 aromatic carbocycles. The van der Waals surface area contributed by atoms with Crippen molar-refractivity contribution in [2.24, 2.45) is 4.99 Å². The van der Waals surface area contributed by atoms with Crippen LogP contribution in [-0.2, 0) is 13.1 Å². The minimum atomic E-state index is 0. The second-order valence-electron chi connectivity index (χ2n) is 7.46. The van der Waals surface area contributed by atoms with Crippen molar-refractivity contribution in [3.05, 3.63) is 66.1 Å². The molecule has 0 saturated carbocycles. The van der Waals surface area contributed by atoms with Gasteiger partial charge in [-0.15, -0.1) is 34.2 Å². The van der Waals surface area contributed by atoms with E-state index in [-0.39, 0.29) is 24.0 Å². The molecule has 2 N–H and O–H groups in total. The Balaban J connectivity index is 0.00000256. The topological polar surface area (TPSA) is 69.8 Å². The van der Waals surface area contributed by atoms with Crippen molar-refractivity contribution in [2.45, 2.75) is 38.4 Å². The lowest BCUT2D eigenvalue weighted by atomic mass is 10.0. The van der Waals surface area contributed by atoms with Gasteiger partial charge < -0.3 is 10.6 Å². The number of halogens is 1. The lowest BCUT2D eigenvalue weighted by Crippen LogP contribution is -2.48. The average molecular weight is 519 g/mol. The molecule has 2 aromatic heterocycles. The normalized spacial score (nSPS) is 17.5. The van der Waals surface area contributed by atoms with Gasteiger partial charge in [0.15, 0.2) is 17.4 Å². The maximum absolute atomic E-state index is 4.38. The zero-order valence-electron chi connectivity index (χ0n) is 17.4. The van der Waals surface area contributed by atoms with Crippen LogP contribution >= 0.6 is 24.0 Å². The average Bonchev–Trinajstić information content (AvgIpc) is 3.19. The van der Waals surface area contributed by atoms with Crippen molar-refractivity contribution < 1.29 is 0 Å². The molecule has 0 aliphatic carbocycles. The minimum Gasteiger partial charge on any atom is -0.355 e. The van der Waals surface area contributed by atoms with E-state index in [1.165, 1.54) is 24.8 Å². The van der Waals surface area contributed by atoms with E-state index in [4.69, 9.17) is 0 Å². The number of likely N-dealkylation sites (tertiary alicyclic amines) is 1. The Morgan fingerprint density at radius 2 is 1.90 bits per heavy atom. The molecule has 1 saturated heterocycles. The second-order valence-corrected chi connectivity index (χ2v) is 7.46. The highest BCUT2D eigenvalue weighted by atomic mass is 127. The first kappa shape index (κ1) is 22.5. The van der Waals surface area contributed by atoms with Gasteiger partial charge in [0.2, 0.25) is 0 Å². The maximum Gasteiger partial charge on any atom is 0.191 e. The summed E-state index contributed by atoms with van der Waals surface area (Å²) in [6.07, 6.45) is 5.75. The van der Waals surface area contributed by atoms with E-state index >= 15 is 0 Å². The molecule has 1 atom stereocenters. The van der Waals surface area contributed by atoms with E-state index in [9.17, 15) is 0 Å². The number of pyridine rings is 1. The maximum atomic E-state index is 4.38. The Hall–Kier alpha value is -2.20. The number of fused-ring (bicyclic) bond motifs is 1. The first-order valence-corrected chi connectivity index (χ1v) is 10.3. The van der Waals surface area contributed by atoms with E-state index in [1.54, 1.807) is 7.05 Å². The van der Waals surface area contributed by atoms with Gasteiger partial charge in [-0.3, -0.25) is 14.3 Å². The van der Waals surface area contributed by atoms with Crippen molar-refractivity contribution in [3.8, 4) is 0 Å². The Morgan fingerprint density at radius 1 is 1.07 bits per heavy atom. The number of piperidine rings is 1. The molecule has 1 fully saturated rings. The van der Waals surface area contributed by atoms with Crippen LogP contribution in [0, 0.1) is 0 Å². The molecule has 0 bridgehead atoms. The predicted molar refractivity (Wildman–Crippen MR) is 131 cm³/mol. The Bertz CT molecular complexity index is 941. The number of benzene rings is 1. The van der Waals surface area contributed by atoms with Crippen LogP contribution in [0.15, 0.2) is 59.7 Å². The molecule has 1 unspecified atom stereocenters. The van der Waals surface area contributed by atoms with Crippen molar-refractivity contribution in [3.63, 3.8) is 0 Å². The Morgan fingerprint density at radius 3 is 2.73 bits per heavy atom. The summed E-state index contributed by atoms with van der Waals surface area (Å²) < 4.78 is 1.99. The van der Waals surface area contributed by atoms with Gasteiger partial charge in [-0.2, -0.15) is 0 Å². The summed E-state index contributed by atoms with van der Waals surface area (Å²) in [4.78, 5) is 6.97. The molecule has 1 aliphatic heterocycles. The first-order valence-electron chi connectivity index (χ1n) is 10.3. The summed E-state index contributed by atoms with van der Waals surface area (Å²) in [5.74, 6) is 1.66. The number of aromatic nitrogens is 3. The third-order valence-electron chi connectivity index (χ3n) is 5.50. The third kappa shape index (κ3) is 5.69. The van der Waals surface area contributed by atoms with E-state index in [0.29, 0.717) is 12.6 Å². The quantitative estimate of drug-likeness (QED) is 0.298. The van der Waals surface area contributed by atoms with Crippen LogP contribution in [0.3, 0.4) is 0 Å². The Labute approximate surface area is 195 Å². The summed E-state index contributed by atoms with van der Waals surface area (Å²) in [5.41, 5.74) is 2.23. The largest absolute Gasteiger partial charge is 0.355 e. The highest BCUT2D eigenvalue weighted by Gasteiger charge is 2.22. The van der Waals surface area contributed by atoms with Crippen molar-refractivity contribution in [1.29, 1.82) is 0 Å². The zero-order chi connectivity index (χ0) is 19.9. The fourth-order valence-corrected chi connectivity index (χ4v) is 3.93. The van der Waals surface area contributed by atoms with Gasteiger partial charge in [-0.05, 0) is 37.1 Å². The lowest BCUT2D eigenvalue weighted by molar-refractivity contribution is 0.141. The number of nitrogens with zero attached hydrogens (tertiary/aromatic N) is 5. The van der Waals surface area contributed by atoms with Crippen molar-refractivity contribution in [2.75, 3.05) is 20.1 Å². The highest BCUT2D eigenvalue weighted by molar-refractivity contribution is 14.0. The van der Waals surface area contributed by atoms with Gasteiger partial charge in [0.25, 0.3) is 0 Å². The molecule has 3 heterocycles. The molecule has 0 amide bonds. The number of aliphatic imine (C=N–C) groups is 1. The summed E-state index contributed by atoms with van der Waals surface area (Å²) in [5, 5.41) is 15.3. The van der Waals surface area contributed by atoms with E-state index in [1.807, 2.05) is 28.8 Å². The van der Waals surface area contributed by atoms with Crippen LogP contribution in [0.4, 0.5) is 0 Å². The van der Waals surface area contributed by atoms with Gasteiger partial charge in [0.1, 0.15) is 0 Å².